The first-order valence-corrected chi connectivity index (χ1v) is 12.8. The van der Waals surface area contributed by atoms with E-state index in [0.29, 0.717) is 50.1 Å². The summed E-state index contributed by atoms with van der Waals surface area (Å²) in [4.78, 5) is 12.4. The van der Waals surface area contributed by atoms with Gasteiger partial charge in [0.2, 0.25) is 0 Å². The molecule has 0 spiro atoms. The largest absolute Gasteiger partial charge is 0.500 e. The molecule has 0 aliphatic carbocycles. The number of hydrogen-bond donors (Lipinski definition) is 1. The third kappa shape index (κ3) is 8.16. The molecule has 0 heterocycles. The van der Waals surface area contributed by atoms with Crippen molar-refractivity contribution in [2.75, 3.05) is 33.5 Å². The van der Waals surface area contributed by atoms with Gasteiger partial charge in [-0.25, -0.2) is 0 Å². The minimum Gasteiger partial charge on any atom is -0.497 e. The molecule has 0 aromatic heterocycles. The minimum atomic E-state index is -2.68. The molecule has 2 aromatic carbocycles. The van der Waals surface area contributed by atoms with Crippen molar-refractivity contribution in [3.8, 4) is 5.75 Å². The summed E-state index contributed by atoms with van der Waals surface area (Å²) in [6.45, 7) is 7.94. The lowest BCUT2D eigenvalue weighted by molar-refractivity contribution is 0.0705. The topological polar surface area (TPSA) is 90.7 Å². The summed E-state index contributed by atoms with van der Waals surface area (Å²) in [5.74, 6) is 0.626. The van der Waals surface area contributed by atoms with Gasteiger partial charge in [0, 0.05) is 38.0 Å². The van der Waals surface area contributed by atoms with Gasteiger partial charge in [-0.05, 0) is 75.7 Å². The van der Waals surface area contributed by atoms with Crippen molar-refractivity contribution in [2.45, 2.75) is 33.2 Å². The maximum absolute atomic E-state index is 12.4. The Morgan fingerprint density at radius 3 is 1.81 bits per heavy atom. The van der Waals surface area contributed by atoms with Crippen LogP contribution in [0.1, 0.15) is 37.6 Å². The van der Waals surface area contributed by atoms with Crippen LogP contribution in [0.3, 0.4) is 0 Å². The lowest BCUT2D eigenvalue weighted by atomic mass is 10.2. The molecule has 0 radical (unpaired) electrons. The Bertz CT molecular complexity index is 827. The Balaban J connectivity index is 1.84. The highest BCUT2D eigenvalue weighted by Gasteiger charge is 2.39. The van der Waals surface area contributed by atoms with E-state index < -0.39 is 8.80 Å². The van der Waals surface area contributed by atoms with Crippen LogP contribution in [0, 0.1) is 0 Å². The third-order valence-electron chi connectivity index (χ3n) is 4.52. The number of rotatable bonds is 14. The molecule has 0 atom stereocenters. The van der Waals surface area contributed by atoms with Crippen molar-refractivity contribution >= 4 is 26.1 Å². The molecule has 0 aliphatic heterocycles. The zero-order valence-corrected chi connectivity index (χ0v) is 20.3. The van der Waals surface area contributed by atoms with E-state index in [1.165, 1.54) is 0 Å². The van der Waals surface area contributed by atoms with Crippen molar-refractivity contribution in [1.82, 2.24) is 5.32 Å². The lowest BCUT2D eigenvalue weighted by Crippen LogP contribution is -2.46. The lowest BCUT2D eigenvalue weighted by Gasteiger charge is -2.28. The molecule has 9 heteroatoms. The monoisotopic (exact) mass is 459 g/mol. The number of ether oxygens (including phenoxy) is 1. The Morgan fingerprint density at radius 1 is 0.844 bits per heavy atom. The molecule has 0 saturated heterocycles. The number of amides is 1. The summed E-state index contributed by atoms with van der Waals surface area (Å²) in [5, 5.41) is 11.3. The molecule has 2 aromatic rings. The van der Waals surface area contributed by atoms with Crippen molar-refractivity contribution in [3.63, 3.8) is 0 Å². The smallest absolute Gasteiger partial charge is 0.497 e. The Kier molecular flexibility index (Phi) is 11.0. The van der Waals surface area contributed by atoms with Gasteiger partial charge < -0.3 is 23.3 Å². The number of carbonyl (C=O) groups excluding carboxylic acids is 1. The van der Waals surface area contributed by atoms with Crippen molar-refractivity contribution in [1.29, 1.82) is 0 Å². The van der Waals surface area contributed by atoms with Crippen LogP contribution in [0.4, 0.5) is 11.4 Å². The number of methoxy groups -OCH3 is 1. The fourth-order valence-electron chi connectivity index (χ4n) is 3.05. The molecular weight excluding hydrogens is 426 g/mol. The average Bonchev–Trinajstić information content (AvgIpc) is 2.81. The van der Waals surface area contributed by atoms with Crippen LogP contribution in [-0.2, 0) is 13.3 Å². The summed E-state index contributed by atoms with van der Waals surface area (Å²) in [7, 11) is -1.06. The van der Waals surface area contributed by atoms with E-state index in [0.717, 1.165) is 11.4 Å². The Hall–Kier alpha value is -2.59. The van der Waals surface area contributed by atoms with E-state index in [1.807, 2.05) is 45.0 Å². The second-order valence-corrected chi connectivity index (χ2v) is 9.52. The maximum Gasteiger partial charge on any atom is 0.500 e. The highest BCUT2D eigenvalue weighted by molar-refractivity contribution is 6.60. The predicted octanol–water partition coefficient (Wildman–Crippen LogP) is 5.28. The van der Waals surface area contributed by atoms with Gasteiger partial charge in [-0.2, -0.15) is 10.2 Å². The molecular formula is C23H33N3O5Si. The van der Waals surface area contributed by atoms with E-state index in [1.54, 1.807) is 31.4 Å². The van der Waals surface area contributed by atoms with Crippen LogP contribution >= 0.6 is 0 Å². The third-order valence-corrected chi connectivity index (χ3v) is 7.67. The summed E-state index contributed by atoms with van der Waals surface area (Å²) in [6, 6.07) is 15.0. The zero-order valence-electron chi connectivity index (χ0n) is 19.3. The summed E-state index contributed by atoms with van der Waals surface area (Å²) >= 11 is 0. The quantitative estimate of drug-likeness (QED) is 0.236. The highest BCUT2D eigenvalue weighted by Crippen LogP contribution is 2.21. The van der Waals surface area contributed by atoms with Gasteiger partial charge in [0.1, 0.15) is 5.75 Å². The van der Waals surface area contributed by atoms with Crippen LogP contribution in [-0.4, -0.2) is 48.2 Å². The number of azo groups is 1. The normalized spacial score (nSPS) is 11.6. The van der Waals surface area contributed by atoms with Crippen LogP contribution < -0.4 is 10.1 Å². The molecule has 0 unspecified atom stereocenters. The van der Waals surface area contributed by atoms with Crippen molar-refractivity contribution < 1.29 is 22.8 Å². The summed E-state index contributed by atoms with van der Waals surface area (Å²) in [5.41, 5.74) is 1.95. The second-order valence-electron chi connectivity index (χ2n) is 6.79. The van der Waals surface area contributed by atoms with Gasteiger partial charge in [-0.15, -0.1) is 0 Å². The molecule has 0 saturated carbocycles. The number of nitrogens with zero attached hydrogens (tertiary/aromatic N) is 2. The van der Waals surface area contributed by atoms with Gasteiger partial charge in [0.05, 0.1) is 18.5 Å². The first-order valence-electron chi connectivity index (χ1n) is 10.9. The first kappa shape index (κ1) is 25.7. The van der Waals surface area contributed by atoms with E-state index in [4.69, 9.17) is 18.0 Å². The van der Waals surface area contributed by atoms with E-state index in [9.17, 15) is 4.79 Å². The van der Waals surface area contributed by atoms with Gasteiger partial charge in [0.15, 0.2) is 0 Å². The number of benzene rings is 2. The molecule has 0 fully saturated rings. The van der Waals surface area contributed by atoms with Gasteiger partial charge in [-0.3, -0.25) is 4.79 Å². The molecule has 0 aliphatic rings. The van der Waals surface area contributed by atoms with Crippen LogP contribution in [0.25, 0.3) is 0 Å². The van der Waals surface area contributed by atoms with Gasteiger partial charge in [0.25, 0.3) is 5.91 Å². The van der Waals surface area contributed by atoms with E-state index >= 15 is 0 Å². The molecule has 2 rings (SSSR count). The first-order chi connectivity index (χ1) is 15.6. The van der Waals surface area contributed by atoms with Crippen molar-refractivity contribution in [3.05, 3.63) is 54.1 Å². The SMILES string of the molecule is CCO[Si](CCCNC(=O)c1ccc(N=Nc2ccc(OC)cc2)cc1)(OCC)OCC. The van der Waals surface area contributed by atoms with Crippen LogP contribution in [0.2, 0.25) is 6.04 Å². The Morgan fingerprint density at radius 2 is 1.34 bits per heavy atom. The molecule has 8 nitrogen and oxygen atoms in total. The number of hydrogen-bond acceptors (Lipinski definition) is 7. The number of carbonyl (C=O) groups is 1. The molecule has 1 N–H and O–H groups in total. The maximum atomic E-state index is 12.4. The number of nitrogens with one attached hydrogen (secondary N) is 1. The van der Waals surface area contributed by atoms with E-state index in [2.05, 4.69) is 15.5 Å². The van der Waals surface area contributed by atoms with Crippen LogP contribution in [0.15, 0.2) is 58.8 Å². The van der Waals surface area contributed by atoms with Crippen molar-refractivity contribution in [2.24, 2.45) is 10.2 Å². The van der Waals surface area contributed by atoms with Gasteiger partial charge >= 0.3 is 8.80 Å². The van der Waals surface area contributed by atoms with E-state index in [-0.39, 0.29) is 5.91 Å². The highest BCUT2D eigenvalue weighted by atomic mass is 28.4. The molecule has 0 bridgehead atoms. The predicted molar refractivity (Wildman–Crippen MR) is 126 cm³/mol. The fourth-order valence-corrected chi connectivity index (χ4v) is 5.67. The molecule has 174 valence electrons. The molecule has 32 heavy (non-hydrogen) atoms. The standard InChI is InChI=1S/C23H33N3O5Si/c1-5-29-32(30-6-2,31-7-3)18-8-17-24-23(27)19-9-11-20(12-10-19)25-26-21-13-15-22(28-4)16-14-21/h9-16H,5-8,17-18H2,1-4H3,(H,24,27). The second kappa shape index (κ2) is 13.7. The summed E-state index contributed by atoms with van der Waals surface area (Å²) < 4.78 is 22.6. The zero-order chi connectivity index (χ0) is 23.2. The average molecular weight is 460 g/mol. The molecule has 1 amide bonds. The van der Waals surface area contributed by atoms with Crippen LogP contribution in [0.5, 0.6) is 5.75 Å². The minimum absolute atomic E-state index is 0.139. The summed E-state index contributed by atoms with van der Waals surface area (Å²) in [6.07, 6.45) is 0.714. The van der Waals surface area contributed by atoms with Gasteiger partial charge in [-0.1, -0.05) is 0 Å². The Labute approximate surface area is 191 Å². The fraction of sp³-hybridized carbons (Fsp3) is 0.435.